The minimum absolute atomic E-state index is 0.416. The summed E-state index contributed by atoms with van der Waals surface area (Å²) in [6.07, 6.45) is -5.50. The van der Waals surface area contributed by atoms with Crippen molar-refractivity contribution < 1.29 is 28.2 Å². The van der Waals surface area contributed by atoms with Crippen LogP contribution in [0.15, 0.2) is 12.2 Å². The van der Waals surface area contributed by atoms with E-state index in [0.717, 1.165) is 0 Å². The quantitative estimate of drug-likeness (QED) is 0.676. The van der Waals surface area contributed by atoms with Crippen molar-refractivity contribution in [2.24, 2.45) is 5.92 Å². The standard InChI is InChI=1S/C8H9F3O3/c1-4(8(9,10)11)7(14)2-5(3-7)6(12)13/h5,14H,1-3H2,(H,12,13). The number of carbonyl (C=O) groups is 1. The fourth-order valence-corrected chi connectivity index (χ4v) is 1.44. The van der Waals surface area contributed by atoms with Gasteiger partial charge in [-0.05, 0) is 12.8 Å². The summed E-state index contributed by atoms with van der Waals surface area (Å²) >= 11 is 0. The third kappa shape index (κ3) is 1.75. The Morgan fingerprint density at radius 1 is 1.43 bits per heavy atom. The van der Waals surface area contributed by atoms with Gasteiger partial charge in [0.05, 0.1) is 17.1 Å². The molecule has 1 saturated carbocycles. The first-order chi connectivity index (χ1) is 6.17. The highest BCUT2D eigenvalue weighted by Gasteiger charge is 2.55. The van der Waals surface area contributed by atoms with Crippen LogP contribution in [0.2, 0.25) is 0 Å². The molecule has 0 aromatic rings. The molecular formula is C8H9F3O3. The summed E-state index contributed by atoms with van der Waals surface area (Å²) in [5, 5.41) is 17.8. The van der Waals surface area contributed by atoms with Gasteiger partial charge in [0.15, 0.2) is 0 Å². The molecule has 80 valence electrons. The molecule has 0 amide bonds. The Bertz CT molecular complexity index is 276. The lowest BCUT2D eigenvalue weighted by Gasteiger charge is -2.43. The van der Waals surface area contributed by atoms with E-state index < -0.39 is 42.1 Å². The summed E-state index contributed by atoms with van der Waals surface area (Å²) in [5.74, 6) is -2.09. The van der Waals surface area contributed by atoms with Gasteiger partial charge >= 0.3 is 12.1 Å². The molecule has 2 N–H and O–H groups in total. The van der Waals surface area contributed by atoms with Crippen LogP contribution in [-0.4, -0.2) is 28.0 Å². The molecule has 0 aromatic heterocycles. The molecule has 0 bridgehead atoms. The lowest BCUT2D eigenvalue weighted by atomic mass is 9.67. The highest BCUT2D eigenvalue weighted by molar-refractivity contribution is 5.72. The zero-order chi connectivity index (χ0) is 11.1. The predicted octanol–water partition coefficient (Wildman–Crippen LogP) is 1.33. The Labute approximate surface area is 77.8 Å². The van der Waals surface area contributed by atoms with Gasteiger partial charge in [0.1, 0.15) is 0 Å². The second kappa shape index (κ2) is 2.98. The fraction of sp³-hybridized carbons (Fsp3) is 0.625. The Hall–Kier alpha value is -1.04. The summed E-state index contributed by atoms with van der Waals surface area (Å²) in [7, 11) is 0. The maximum absolute atomic E-state index is 12.1. The van der Waals surface area contributed by atoms with Crippen molar-refractivity contribution in [1.29, 1.82) is 0 Å². The Balaban J connectivity index is 2.65. The number of rotatable bonds is 2. The molecule has 0 heterocycles. The van der Waals surface area contributed by atoms with Crippen molar-refractivity contribution in [2.75, 3.05) is 0 Å². The van der Waals surface area contributed by atoms with Gasteiger partial charge in [-0.2, -0.15) is 13.2 Å². The van der Waals surface area contributed by atoms with Crippen LogP contribution < -0.4 is 0 Å². The molecule has 6 heteroatoms. The molecule has 14 heavy (non-hydrogen) atoms. The summed E-state index contributed by atoms with van der Waals surface area (Å²) in [6.45, 7) is 2.75. The average Bonchev–Trinajstić information content (AvgIpc) is 1.95. The molecule has 0 spiro atoms. The molecule has 0 saturated heterocycles. The van der Waals surface area contributed by atoms with Gasteiger partial charge in [0, 0.05) is 0 Å². The van der Waals surface area contributed by atoms with E-state index in [1.54, 1.807) is 0 Å². The summed E-state index contributed by atoms with van der Waals surface area (Å²) in [6, 6.07) is 0. The largest absolute Gasteiger partial charge is 0.481 e. The maximum Gasteiger partial charge on any atom is 0.414 e. The topological polar surface area (TPSA) is 57.5 Å². The molecule has 0 aromatic carbocycles. The van der Waals surface area contributed by atoms with Crippen LogP contribution in [0, 0.1) is 5.92 Å². The fourth-order valence-electron chi connectivity index (χ4n) is 1.44. The Kier molecular flexibility index (Phi) is 2.35. The molecule has 1 fully saturated rings. The molecule has 3 nitrogen and oxygen atoms in total. The Morgan fingerprint density at radius 2 is 1.86 bits per heavy atom. The van der Waals surface area contributed by atoms with Crippen molar-refractivity contribution >= 4 is 5.97 Å². The monoisotopic (exact) mass is 210 g/mol. The first-order valence-electron chi connectivity index (χ1n) is 3.88. The molecular weight excluding hydrogens is 201 g/mol. The number of aliphatic hydroxyl groups is 1. The first-order valence-corrected chi connectivity index (χ1v) is 3.88. The lowest BCUT2D eigenvalue weighted by Crippen LogP contribution is -2.51. The number of carboxylic acids is 1. The zero-order valence-electron chi connectivity index (χ0n) is 7.14. The molecule has 1 aliphatic rings. The van der Waals surface area contributed by atoms with Crippen molar-refractivity contribution in [3.05, 3.63) is 12.2 Å². The van der Waals surface area contributed by atoms with Crippen molar-refractivity contribution in [1.82, 2.24) is 0 Å². The van der Waals surface area contributed by atoms with Crippen LogP contribution in [0.4, 0.5) is 13.2 Å². The molecule has 0 radical (unpaired) electrons. The van der Waals surface area contributed by atoms with E-state index in [1.807, 2.05) is 0 Å². The van der Waals surface area contributed by atoms with Crippen LogP contribution in [0.3, 0.4) is 0 Å². The van der Waals surface area contributed by atoms with E-state index in [9.17, 15) is 23.1 Å². The van der Waals surface area contributed by atoms with Crippen molar-refractivity contribution in [3.8, 4) is 0 Å². The van der Waals surface area contributed by atoms with Crippen LogP contribution in [0.5, 0.6) is 0 Å². The number of halogens is 3. The third-order valence-electron chi connectivity index (χ3n) is 2.42. The van der Waals surface area contributed by atoms with Gasteiger partial charge < -0.3 is 10.2 Å². The van der Waals surface area contributed by atoms with E-state index >= 15 is 0 Å². The van der Waals surface area contributed by atoms with Gasteiger partial charge in [0.2, 0.25) is 0 Å². The van der Waals surface area contributed by atoms with Crippen molar-refractivity contribution in [3.63, 3.8) is 0 Å². The molecule has 1 rings (SSSR count). The Morgan fingerprint density at radius 3 is 2.14 bits per heavy atom. The number of aliphatic carboxylic acids is 1. The summed E-state index contributed by atoms with van der Waals surface area (Å²) < 4.78 is 36.3. The van der Waals surface area contributed by atoms with E-state index in [1.165, 1.54) is 0 Å². The molecule has 0 aliphatic heterocycles. The third-order valence-corrected chi connectivity index (χ3v) is 2.42. The van der Waals surface area contributed by atoms with Crippen LogP contribution in [0.1, 0.15) is 12.8 Å². The zero-order valence-corrected chi connectivity index (χ0v) is 7.14. The van der Waals surface area contributed by atoms with Crippen LogP contribution >= 0.6 is 0 Å². The summed E-state index contributed by atoms with van der Waals surface area (Å²) in [4.78, 5) is 10.3. The van der Waals surface area contributed by atoms with Crippen LogP contribution in [-0.2, 0) is 4.79 Å². The second-order valence-electron chi connectivity index (χ2n) is 3.45. The molecule has 0 atom stereocenters. The maximum atomic E-state index is 12.1. The summed E-state index contributed by atoms with van der Waals surface area (Å²) in [5.41, 5.74) is -3.34. The number of alkyl halides is 3. The average molecular weight is 210 g/mol. The highest BCUT2D eigenvalue weighted by Crippen LogP contribution is 2.47. The SMILES string of the molecule is C=C(C(F)(F)F)C1(O)CC(C(=O)O)C1. The minimum Gasteiger partial charge on any atom is -0.481 e. The van der Waals surface area contributed by atoms with E-state index in [4.69, 9.17) is 5.11 Å². The molecule has 1 aliphatic carbocycles. The number of carboxylic acid groups (broad SMARTS) is 1. The minimum atomic E-state index is -4.67. The van der Waals surface area contributed by atoms with Gasteiger partial charge in [-0.3, -0.25) is 4.79 Å². The highest BCUT2D eigenvalue weighted by atomic mass is 19.4. The van der Waals surface area contributed by atoms with Crippen LogP contribution in [0.25, 0.3) is 0 Å². The number of hydrogen-bond donors (Lipinski definition) is 2. The number of hydrogen-bond acceptors (Lipinski definition) is 2. The van der Waals surface area contributed by atoms with E-state index in [-0.39, 0.29) is 0 Å². The van der Waals surface area contributed by atoms with E-state index in [0.29, 0.717) is 0 Å². The smallest absolute Gasteiger partial charge is 0.414 e. The van der Waals surface area contributed by atoms with Gasteiger partial charge in [-0.1, -0.05) is 6.58 Å². The van der Waals surface area contributed by atoms with E-state index in [2.05, 4.69) is 6.58 Å². The molecule has 0 unspecified atom stereocenters. The normalized spacial score (nSPS) is 32.1. The first kappa shape index (κ1) is 11.0. The van der Waals surface area contributed by atoms with Gasteiger partial charge in [0.25, 0.3) is 0 Å². The predicted molar refractivity (Wildman–Crippen MR) is 40.5 cm³/mol. The van der Waals surface area contributed by atoms with Gasteiger partial charge in [-0.15, -0.1) is 0 Å². The van der Waals surface area contributed by atoms with Gasteiger partial charge in [-0.25, -0.2) is 0 Å². The van der Waals surface area contributed by atoms with Crippen molar-refractivity contribution in [2.45, 2.75) is 24.6 Å². The lowest BCUT2D eigenvalue weighted by molar-refractivity contribution is -0.167. The second-order valence-corrected chi connectivity index (χ2v) is 3.45.